The van der Waals surface area contributed by atoms with Gasteiger partial charge < -0.3 is 24.7 Å². The van der Waals surface area contributed by atoms with E-state index < -0.39 is 0 Å². The van der Waals surface area contributed by atoms with Gasteiger partial charge in [0.25, 0.3) is 0 Å². The van der Waals surface area contributed by atoms with E-state index >= 15 is 0 Å². The van der Waals surface area contributed by atoms with E-state index in [1.54, 1.807) is 7.11 Å². The van der Waals surface area contributed by atoms with Gasteiger partial charge in [-0.15, -0.1) is 0 Å². The van der Waals surface area contributed by atoms with E-state index in [1.807, 2.05) is 42.5 Å². The lowest BCUT2D eigenvalue weighted by Crippen LogP contribution is -2.18. The fourth-order valence-corrected chi connectivity index (χ4v) is 2.10. The minimum Gasteiger partial charge on any atom is -0.497 e. The Bertz CT molecular complexity index is 612. The molecule has 1 aliphatic heterocycles. The highest BCUT2D eigenvalue weighted by Gasteiger charge is 2.14. The minimum absolute atomic E-state index is 0.207. The number of benzene rings is 2. The monoisotopic (exact) mass is 287 g/mol. The first-order chi connectivity index (χ1) is 10.3. The molecule has 0 saturated heterocycles. The standard InChI is InChI=1S/C16H17NO4/c1-18-12-4-2-11(3-5-12)14(17)9-19-13-6-7-15-16(8-13)21-10-20-15/h2-8,14H,9-10,17H2,1H3. The van der Waals surface area contributed by atoms with Crippen molar-refractivity contribution in [1.29, 1.82) is 0 Å². The summed E-state index contributed by atoms with van der Waals surface area (Å²) < 4.78 is 21.4. The Morgan fingerprint density at radius 3 is 2.52 bits per heavy atom. The third-order valence-electron chi connectivity index (χ3n) is 3.32. The summed E-state index contributed by atoms with van der Waals surface area (Å²) in [6, 6.07) is 12.9. The van der Waals surface area contributed by atoms with Gasteiger partial charge in [-0.2, -0.15) is 0 Å². The van der Waals surface area contributed by atoms with Crippen LogP contribution in [0.3, 0.4) is 0 Å². The van der Waals surface area contributed by atoms with Crippen LogP contribution in [0.1, 0.15) is 11.6 Å². The molecule has 0 bridgehead atoms. The van der Waals surface area contributed by atoms with Gasteiger partial charge in [-0.25, -0.2) is 0 Å². The molecule has 0 radical (unpaired) electrons. The van der Waals surface area contributed by atoms with E-state index in [1.165, 1.54) is 0 Å². The molecule has 1 atom stereocenters. The van der Waals surface area contributed by atoms with Gasteiger partial charge in [0.2, 0.25) is 6.79 Å². The van der Waals surface area contributed by atoms with Crippen molar-refractivity contribution in [2.45, 2.75) is 6.04 Å². The van der Waals surface area contributed by atoms with Crippen LogP contribution in [0.2, 0.25) is 0 Å². The molecule has 2 aromatic carbocycles. The number of fused-ring (bicyclic) bond motifs is 1. The summed E-state index contributed by atoms with van der Waals surface area (Å²) in [4.78, 5) is 0. The summed E-state index contributed by atoms with van der Waals surface area (Å²) in [5.41, 5.74) is 7.12. The van der Waals surface area contributed by atoms with E-state index in [-0.39, 0.29) is 12.8 Å². The average Bonchev–Trinajstić information content (AvgIpc) is 3.00. The van der Waals surface area contributed by atoms with E-state index in [4.69, 9.17) is 24.7 Å². The Morgan fingerprint density at radius 1 is 1.05 bits per heavy atom. The van der Waals surface area contributed by atoms with Gasteiger partial charge >= 0.3 is 0 Å². The van der Waals surface area contributed by atoms with Gasteiger partial charge in [-0.05, 0) is 29.8 Å². The number of hydrogen-bond acceptors (Lipinski definition) is 5. The second-order valence-corrected chi connectivity index (χ2v) is 4.71. The largest absolute Gasteiger partial charge is 0.497 e. The topological polar surface area (TPSA) is 62.9 Å². The number of rotatable bonds is 5. The summed E-state index contributed by atoms with van der Waals surface area (Å²) in [7, 11) is 1.64. The van der Waals surface area contributed by atoms with Crippen molar-refractivity contribution in [2.75, 3.05) is 20.5 Å². The van der Waals surface area contributed by atoms with Gasteiger partial charge in [0.15, 0.2) is 11.5 Å². The predicted octanol–water partition coefficient (Wildman–Crippen LogP) is 2.50. The van der Waals surface area contributed by atoms with Crippen LogP contribution in [-0.4, -0.2) is 20.5 Å². The highest BCUT2D eigenvalue weighted by atomic mass is 16.7. The summed E-state index contributed by atoms with van der Waals surface area (Å²) in [6.07, 6.45) is 0. The van der Waals surface area contributed by atoms with Crippen molar-refractivity contribution >= 4 is 0 Å². The second-order valence-electron chi connectivity index (χ2n) is 4.71. The normalized spacial score (nSPS) is 13.8. The first kappa shape index (κ1) is 13.6. The van der Waals surface area contributed by atoms with Gasteiger partial charge in [-0.3, -0.25) is 0 Å². The first-order valence-corrected chi connectivity index (χ1v) is 6.68. The molecule has 1 unspecified atom stereocenters. The van der Waals surface area contributed by atoms with Crippen molar-refractivity contribution in [3.8, 4) is 23.0 Å². The zero-order valence-electron chi connectivity index (χ0n) is 11.7. The Morgan fingerprint density at radius 2 is 1.76 bits per heavy atom. The first-order valence-electron chi connectivity index (χ1n) is 6.68. The zero-order valence-corrected chi connectivity index (χ0v) is 11.7. The molecular formula is C16H17NO4. The Balaban J connectivity index is 1.61. The second kappa shape index (κ2) is 5.93. The number of ether oxygens (including phenoxy) is 4. The van der Waals surface area contributed by atoms with Crippen molar-refractivity contribution in [3.63, 3.8) is 0 Å². The van der Waals surface area contributed by atoms with Gasteiger partial charge in [0.05, 0.1) is 13.2 Å². The zero-order chi connectivity index (χ0) is 14.7. The van der Waals surface area contributed by atoms with Crippen LogP contribution in [0.4, 0.5) is 0 Å². The Hall–Kier alpha value is -2.40. The number of hydrogen-bond donors (Lipinski definition) is 1. The summed E-state index contributed by atoms with van der Waals surface area (Å²) in [5, 5.41) is 0. The molecule has 0 saturated carbocycles. The van der Waals surface area contributed by atoms with Crippen molar-refractivity contribution in [3.05, 3.63) is 48.0 Å². The maximum absolute atomic E-state index is 6.13. The summed E-state index contributed by atoms with van der Waals surface area (Å²) in [6.45, 7) is 0.635. The van der Waals surface area contributed by atoms with E-state index in [2.05, 4.69) is 0 Å². The molecule has 1 heterocycles. The number of nitrogens with two attached hydrogens (primary N) is 1. The van der Waals surface area contributed by atoms with E-state index in [0.29, 0.717) is 18.1 Å². The van der Waals surface area contributed by atoms with Crippen LogP contribution < -0.4 is 24.7 Å². The van der Waals surface area contributed by atoms with Crippen LogP contribution in [0.15, 0.2) is 42.5 Å². The predicted molar refractivity (Wildman–Crippen MR) is 78.0 cm³/mol. The molecule has 21 heavy (non-hydrogen) atoms. The third kappa shape index (κ3) is 3.03. The molecule has 2 N–H and O–H groups in total. The fraction of sp³-hybridized carbons (Fsp3) is 0.250. The van der Waals surface area contributed by atoms with E-state index in [9.17, 15) is 0 Å². The molecular weight excluding hydrogens is 270 g/mol. The van der Waals surface area contributed by atoms with Crippen LogP contribution in [-0.2, 0) is 0 Å². The quantitative estimate of drug-likeness (QED) is 0.915. The maximum Gasteiger partial charge on any atom is 0.231 e. The van der Waals surface area contributed by atoms with Crippen LogP contribution in [0, 0.1) is 0 Å². The molecule has 0 fully saturated rings. The molecule has 1 aliphatic rings. The van der Waals surface area contributed by atoms with Crippen LogP contribution in [0.25, 0.3) is 0 Å². The molecule has 5 heteroatoms. The van der Waals surface area contributed by atoms with Crippen molar-refractivity contribution in [1.82, 2.24) is 0 Å². The lowest BCUT2D eigenvalue weighted by atomic mass is 10.1. The Kier molecular flexibility index (Phi) is 3.83. The fourth-order valence-electron chi connectivity index (χ4n) is 2.10. The molecule has 0 spiro atoms. The highest BCUT2D eigenvalue weighted by molar-refractivity contribution is 5.46. The van der Waals surface area contributed by atoms with Gasteiger partial charge in [0, 0.05) is 6.07 Å². The van der Waals surface area contributed by atoms with Crippen LogP contribution in [0.5, 0.6) is 23.0 Å². The SMILES string of the molecule is COc1ccc(C(N)COc2ccc3c(c2)OCO3)cc1. The third-order valence-corrected chi connectivity index (χ3v) is 3.32. The van der Waals surface area contributed by atoms with Crippen LogP contribution >= 0.6 is 0 Å². The van der Waals surface area contributed by atoms with E-state index in [0.717, 1.165) is 17.1 Å². The molecule has 0 aromatic heterocycles. The minimum atomic E-state index is -0.207. The smallest absolute Gasteiger partial charge is 0.231 e. The highest BCUT2D eigenvalue weighted by Crippen LogP contribution is 2.35. The number of methoxy groups -OCH3 is 1. The molecule has 3 rings (SSSR count). The lowest BCUT2D eigenvalue weighted by Gasteiger charge is -2.14. The van der Waals surface area contributed by atoms with Gasteiger partial charge in [0.1, 0.15) is 18.1 Å². The molecule has 0 amide bonds. The van der Waals surface area contributed by atoms with Crippen molar-refractivity contribution < 1.29 is 18.9 Å². The molecule has 110 valence electrons. The summed E-state index contributed by atoms with van der Waals surface area (Å²) in [5.74, 6) is 2.96. The maximum atomic E-state index is 6.13. The van der Waals surface area contributed by atoms with Gasteiger partial charge in [-0.1, -0.05) is 12.1 Å². The lowest BCUT2D eigenvalue weighted by molar-refractivity contribution is 0.173. The average molecular weight is 287 g/mol. The Labute approximate surface area is 123 Å². The molecule has 5 nitrogen and oxygen atoms in total. The summed E-state index contributed by atoms with van der Waals surface area (Å²) >= 11 is 0. The molecule has 2 aromatic rings. The van der Waals surface area contributed by atoms with Crippen molar-refractivity contribution in [2.24, 2.45) is 5.73 Å². The molecule has 0 aliphatic carbocycles.